The van der Waals surface area contributed by atoms with Gasteiger partial charge in [0.2, 0.25) is 0 Å². The number of nitrogens with zero attached hydrogens (tertiary/aromatic N) is 3. The van der Waals surface area contributed by atoms with E-state index in [2.05, 4.69) is 11.0 Å². The van der Waals surface area contributed by atoms with E-state index in [0.717, 1.165) is 31.5 Å². The molecule has 27 heavy (non-hydrogen) atoms. The second kappa shape index (κ2) is 6.99. The van der Waals surface area contributed by atoms with Crippen LogP contribution in [0.4, 0.5) is 5.69 Å². The number of nitro benzene ring substituents is 1. The van der Waals surface area contributed by atoms with Gasteiger partial charge in [-0.3, -0.25) is 15.0 Å². The number of hydrogen-bond donors (Lipinski definition) is 1. The van der Waals surface area contributed by atoms with E-state index in [0.29, 0.717) is 0 Å². The van der Waals surface area contributed by atoms with Gasteiger partial charge in [-0.1, -0.05) is 24.3 Å². The molecule has 0 radical (unpaired) electrons. The van der Waals surface area contributed by atoms with E-state index in [1.54, 1.807) is 6.07 Å². The molecule has 1 heterocycles. The van der Waals surface area contributed by atoms with Crippen LogP contribution in [-0.4, -0.2) is 35.0 Å². The molecule has 0 unspecified atom stereocenters. The number of ether oxygens (including phenoxy) is 1. The molecule has 1 fully saturated rings. The zero-order chi connectivity index (χ0) is 19.0. The SMILES string of the molecule is N#Cc1ccc(O[C@@H]2c3ccccc3C[C@H]2N2CC[C@H](N)C2)c([N+](=O)[O-])c1. The van der Waals surface area contributed by atoms with Crippen molar-refractivity contribution in [3.05, 3.63) is 69.3 Å². The maximum Gasteiger partial charge on any atom is 0.312 e. The van der Waals surface area contributed by atoms with E-state index in [-0.39, 0.29) is 35.2 Å². The van der Waals surface area contributed by atoms with E-state index < -0.39 is 4.92 Å². The molecule has 0 spiro atoms. The van der Waals surface area contributed by atoms with Crippen molar-refractivity contribution in [2.24, 2.45) is 5.73 Å². The van der Waals surface area contributed by atoms with Gasteiger partial charge in [-0.25, -0.2) is 0 Å². The minimum absolute atomic E-state index is 0.0891. The Morgan fingerprint density at radius 2 is 2.11 bits per heavy atom. The van der Waals surface area contributed by atoms with Gasteiger partial charge in [0, 0.05) is 25.2 Å². The summed E-state index contributed by atoms with van der Waals surface area (Å²) in [4.78, 5) is 13.3. The van der Waals surface area contributed by atoms with Crippen molar-refractivity contribution in [1.82, 2.24) is 4.90 Å². The summed E-state index contributed by atoms with van der Waals surface area (Å²) < 4.78 is 6.22. The van der Waals surface area contributed by atoms with Gasteiger partial charge in [0.1, 0.15) is 6.10 Å². The Morgan fingerprint density at radius 3 is 2.81 bits per heavy atom. The van der Waals surface area contributed by atoms with E-state index in [1.807, 2.05) is 24.3 Å². The smallest absolute Gasteiger partial charge is 0.312 e. The monoisotopic (exact) mass is 364 g/mol. The van der Waals surface area contributed by atoms with Crippen LogP contribution in [0.1, 0.15) is 29.2 Å². The van der Waals surface area contributed by atoms with Gasteiger partial charge in [0.25, 0.3) is 0 Å². The van der Waals surface area contributed by atoms with Crippen molar-refractivity contribution in [3.63, 3.8) is 0 Å². The second-order valence-electron chi connectivity index (χ2n) is 7.10. The van der Waals surface area contributed by atoms with Crippen LogP contribution in [0.5, 0.6) is 5.75 Å². The van der Waals surface area contributed by atoms with E-state index in [4.69, 9.17) is 15.7 Å². The third-order valence-corrected chi connectivity index (χ3v) is 5.40. The highest BCUT2D eigenvalue weighted by atomic mass is 16.6. The van der Waals surface area contributed by atoms with Crippen LogP contribution < -0.4 is 10.5 Å². The Labute approximate surface area is 157 Å². The quantitative estimate of drug-likeness (QED) is 0.660. The Morgan fingerprint density at radius 1 is 1.30 bits per heavy atom. The summed E-state index contributed by atoms with van der Waals surface area (Å²) in [5, 5.41) is 20.5. The average Bonchev–Trinajstić information content (AvgIpc) is 3.26. The average molecular weight is 364 g/mol. The van der Waals surface area contributed by atoms with Gasteiger partial charge in [-0.15, -0.1) is 0 Å². The summed E-state index contributed by atoms with van der Waals surface area (Å²) in [6.07, 6.45) is 1.46. The number of fused-ring (bicyclic) bond motifs is 1. The van der Waals surface area contributed by atoms with Gasteiger partial charge < -0.3 is 10.5 Å². The van der Waals surface area contributed by atoms with Crippen LogP contribution in [-0.2, 0) is 6.42 Å². The first kappa shape index (κ1) is 17.5. The predicted molar refractivity (Wildman–Crippen MR) is 99.3 cm³/mol. The molecule has 2 aliphatic rings. The van der Waals surface area contributed by atoms with Gasteiger partial charge in [-0.2, -0.15) is 5.26 Å². The van der Waals surface area contributed by atoms with E-state index in [9.17, 15) is 10.1 Å². The number of nitro groups is 1. The summed E-state index contributed by atoms with van der Waals surface area (Å²) in [5.41, 5.74) is 8.40. The maximum absolute atomic E-state index is 11.5. The van der Waals surface area contributed by atoms with Crippen molar-refractivity contribution >= 4 is 5.69 Å². The molecule has 1 aliphatic carbocycles. The summed E-state index contributed by atoms with van der Waals surface area (Å²) in [7, 11) is 0. The largest absolute Gasteiger partial charge is 0.477 e. The fraction of sp³-hybridized carbons (Fsp3) is 0.350. The lowest BCUT2D eigenvalue weighted by atomic mass is 10.1. The second-order valence-corrected chi connectivity index (χ2v) is 7.10. The summed E-state index contributed by atoms with van der Waals surface area (Å²) in [6.45, 7) is 1.70. The molecule has 0 amide bonds. The molecular weight excluding hydrogens is 344 g/mol. The molecule has 7 nitrogen and oxygen atoms in total. The molecule has 0 aromatic heterocycles. The van der Waals surface area contributed by atoms with Crippen LogP contribution >= 0.6 is 0 Å². The fourth-order valence-corrected chi connectivity index (χ4v) is 4.08. The van der Waals surface area contributed by atoms with Crippen molar-refractivity contribution in [1.29, 1.82) is 5.26 Å². The van der Waals surface area contributed by atoms with E-state index >= 15 is 0 Å². The Hall–Kier alpha value is -2.95. The third kappa shape index (κ3) is 3.25. The summed E-state index contributed by atoms with van der Waals surface area (Å²) in [5.74, 6) is 0.189. The third-order valence-electron chi connectivity index (χ3n) is 5.40. The van der Waals surface area contributed by atoms with Crippen LogP contribution in [0.3, 0.4) is 0 Å². The number of nitrogens with two attached hydrogens (primary N) is 1. The Bertz CT molecular complexity index is 924. The minimum Gasteiger partial charge on any atom is -0.477 e. The van der Waals surface area contributed by atoms with Gasteiger partial charge in [0.05, 0.1) is 22.6 Å². The first-order valence-electron chi connectivity index (χ1n) is 8.99. The van der Waals surface area contributed by atoms with Gasteiger partial charge in [0.15, 0.2) is 5.75 Å². The van der Waals surface area contributed by atoms with Crippen molar-refractivity contribution < 1.29 is 9.66 Å². The number of likely N-dealkylation sites (tertiary alicyclic amines) is 1. The number of benzene rings is 2. The van der Waals surface area contributed by atoms with Crippen LogP contribution in [0.2, 0.25) is 0 Å². The van der Waals surface area contributed by atoms with Crippen LogP contribution in [0.15, 0.2) is 42.5 Å². The molecular formula is C20H20N4O3. The van der Waals surface area contributed by atoms with Crippen molar-refractivity contribution in [2.75, 3.05) is 13.1 Å². The normalized spacial score (nSPS) is 24.4. The Kier molecular flexibility index (Phi) is 4.52. The van der Waals surface area contributed by atoms with Gasteiger partial charge in [-0.05, 0) is 36.1 Å². The van der Waals surface area contributed by atoms with Crippen LogP contribution in [0.25, 0.3) is 0 Å². The summed E-state index contributed by atoms with van der Waals surface area (Å²) >= 11 is 0. The molecule has 1 aliphatic heterocycles. The highest BCUT2D eigenvalue weighted by Crippen LogP contribution is 2.41. The predicted octanol–water partition coefficient (Wildman–Crippen LogP) is 2.54. The lowest BCUT2D eigenvalue weighted by molar-refractivity contribution is -0.386. The van der Waals surface area contributed by atoms with E-state index in [1.165, 1.54) is 17.7 Å². The van der Waals surface area contributed by atoms with Crippen LogP contribution in [0, 0.1) is 21.4 Å². The first-order valence-corrected chi connectivity index (χ1v) is 8.99. The topological polar surface area (TPSA) is 105 Å². The zero-order valence-corrected chi connectivity index (χ0v) is 14.7. The maximum atomic E-state index is 11.5. The first-order chi connectivity index (χ1) is 13.1. The van der Waals surface area contributed by atoms with Crippen molar-refractivity contribution in [2.45, 2.75) is 31.0 Å². The molecule has 7 heteroatoms. The molecule has 138 valence electrons. The molecule has 3 atom stereocenters. The molecule has 2 N–H and O–H groups in total. The lowest BCUT2D eigenvalue weighted by Gasteiger charge is -2.30. The highest BCUT2D eigenvalue weighted by Gasteiger charge is 2.40. The number of rotatable bonds is 4. The molecule has 2 aromatic rings. The molecule has 2 aromatic carbocycles. The molecule has 0 saturated carbocycles. The zero-order valence-electron chi connectivity index (χ0n) is 14.7. The Balaban J connectivity index is 1.70. The summed E-state index contributed by atoms with van der Waals surface area (Å²) in [6, 6.07) is 14.6. The lowest BCUT2D eigenvalue weighted by Crippen LogP contribution is -2.40. The minimum atomic E-state index is -0.502. The van der Waals surface area contributed by atoms with Crippen molar-refractivity contribution in [3.8, 4) is 11.8 Å². The molecule has 1 saturated heterocycles. The number of nitriles is 1. The standard InChI is InChI=1S/C20H20N4O3/c21-11-13-5-6-19(17(9-13)24(25)26)27-20-16-4-2-1-3-14(16)10-18(20)23-8-7-15(22)12-23/h1-6,9,15,18,20H,7-8,10,12,22H2/t15-,18+,20+/m0/s1. The fourth-order valence-electron chi connectivity index (χ4n) is 4.08. The molecule has 0 bridgehead atoms. The van der Waals surface area contributed by atoms with Gasteiger partial charge >= 0.3 is 5.69 Å². The molecule has 4 rings (SSSR count). The number of hydrogen-bond acceptors (Lipinski definition) is 6. The highest BCUT2D eigenvalue weighted by molar-refractivity contribution is 5.52.